The molecule has 0 aliphatic carbocycles. The van der Waals surface area contributed by atoms with E-state index >= 15 is 0 Å². The molecule has 0 fully saturated rings. The zero-order chi connectivity index (χ0) is 14.4. The molecule has 0 saturated heterocycles. The fraction of sp³-hybridized carbons (Fsp3) is 0.688. The third-order valence-electron chi connectivity index (χ3n) is 3.83. The van der Waals surface area contributed by atoms with Crippen molar-refractivity contribution in [2.45, 2.75) is 59.4 Å². The highest BCUT2D eigenvalue weighted by Gasteiger charge is 2.16. The fourth-order valence-corrected chi connectivity index (χ4v) is 2.42. The van der Waals surface area contributed by atoms with Crippen LogP contribution in [0.25, 0.3) is 0 Å². The molecule has 0 aliphatic rings. The largest absolute Gasteiger partial charge is 0.313 e. The van der Waals surface area contributed by atoms with Crippen LogP contribution in [0.15, 0.2) is 12.2 Å². The van der Waals surface area contributed by atoms with Crippen LogP contribution < -0.4 is 5.32 Å². The first-order chi connectivity index (χ1) is 8.99. The van der Waals surface area contributed by atoms with E-state index in [1.165, 1.54) is 23.3 Å². The van der Waals surface area contributed by atoms with Crippen molar-refractivity contribution in [1.29, 1.82) is 0 Å². The summed E-state index contributed by atoms with van der Waals surface area (Å²) in [4.78, 5) is 0. The second-order valence-corrected chi connectivity index (χ2v) is 5.44. The summed E-state index contributed by atoms with van der Waals surface area (Å²) in [6.07, 6.45) is 4.34. The average molecular weight is 263 g/mol. The van der Waals surface area contributed by atoms with Crippen molar-refractivity contribution in [3.05, 3.63) is 29.1 Å². The lowest BCUT2D eigenvalue weighted by atomic mass is 9.97. The van der Waals surface area contributed by atoms with Gasteiger partial charge in [0.1, 0.15) is 0 Å². The molecule has 0 saturated carbocycles. The van der Waals surface area contributed by atoms with E-state index in [9.17, 15) is 0 Å². The quantitative estimate of drug-likeness (QED) is 0.729. The lowest BCUT2D eigenvalue weighted by Crippen LogP contribution is -2.32. The standard InChI is InChI=1S/C16H29N3/c1-7-9-17-15(10-12(3)8-2)11-16-13(4)18-19(6)14(16)5/h15,17H,3,7-11H2,1-2,4-6H3. The second kappa shape index (κ2) is 7.49. The molecule has 1 heterocycles. The molecule has 0 spiro atoms. The van der Waals surface area contributed by atoms with Gasteiger partial charge in [0.2, 0.25) is 0 Å². The summed E-state index contributed by atoms with van der Waals surface area (Å²) >= 11 is 0. The number of nitrogens with zero attached hydrogens (tertiary/aromatic N) is 2. The Bertz CT molecular complexity index is 418. The number of aromatic nitrogens is 2. The molecule has 1 aromatic rings. The van der Waals surface area contributed by atoms with Crippen LogP contribution in [-0.4, -0.2) is 22.4 Å². The number of aryl methyl sites for hydroxylation is 2. The zero-order valence-electron chi connectivity index (χ0n) is 13.2. The number of rotatable bonds is 8. The molecule has 0 aliphatic heterocycles. The Morgan fingerprint density at radius 1 is 1.37 bits per heavy atom. The predicted molar refractivity (Wildman–Crippen MR) is 82.5 cm³/mol. The van der Waals surface area contributed by atoms with Crippen molar-refractivity contribution in [1.82, 2.24) is 15.1 Å². The topological polar surface area (TPSA) is 29.9 Å². The molecular weight excluding hydrogens is 234 g/mol. The van der Waals surface area contributed by atoms with E-state index in [0.29, 0.717) is 6.04 Å². The fourth-order valence-electron chi connectivity index (χ4n) is 2.42. The molecule has 1 rings (SSSR count). The minimum atomic E-state index is 0.481. The number of hydrogen-bond acceptors (Lipinski definition) is 2. The minimum absolute atomic E-state index is 0.481. The van der Waals surface area contributed by atoms with Crippen LogP contribution >= 0.6 is 0 Å². The van der Waals surface area contributed by atoms with Crippen molar-refractivity contribution >= 4 is 0 Å². The Labute approximate surface area is 118 Å². The van der Waals surface area contributed by atoms with E-state index in [1.54, 1.807) is 0 Å². The highest BCUT2D eigenvalue weighted by Crippen LogP contribution is 2.18. The first-order valence-electron chi connectivity index (χ1n) is 7.38. The lowest BCUT2D eigenvalue weighted by Gasteiger charge is -2.19. The Balaban J connectivity index is 2.77. The van der Waals surface area contributed by atoms with Gasteiger partial charge in [0.15, 0.2) is 0 Å². The first-order valence-corrected chi connectivity index (χ1v) is 7.38. The van der Waals surface area contributed by atoms with E-state index in [4.69, 9.17) is 0 Å². The van der Waals surface area contributed by atoms with Gasteiger partial charge in [-0.2, -0.15) is 5.10 Å². The molecule has 3 nitrogen and oxygen atoms in total. The van der Waals surface area contributed by atoms with Gasteiger partial charge < -0.3 is 5.32 Å². The maximum atomic E-state index is 4.51. The summed E-state index contributed by atoms with van der Waals surface area (Å²) in [7, 11) is 2.02. The van der Waals surface area contributed by atoms with Crippen LogP contribution in [0.5, 0.6) is 0 Å². The van der Waals surface area contributed by atoms with Crippen molar-refractivity contribution in [2.75, 3.05) is 6.54 Å². The van der Waals surface area contributed by atoms with Crippen molar-refractivity contribution in [2.24, 2.45) is 7.05 Å². The van der Waals surface area contributed by atoms with Gasteiger partial charge in [0.05, 0.1) is 5.69 Å². The Morgan fingerprint density at radius 2 is 2.05 bits per heavy atom. The molecule has 0 aromatic carbocycles. The van der Waals surface area contributed by atoms with Crippen LogP contribution in [0.1, 0.15) is 50.1 Å². The third kappa shape index (κ3) is 4.50. The van der Waals surface area contributed by atoms with Gasteiger partial charge in [-0.3, -0.25) is 4.68 Å². The van der Waals surface area contributed by atoms with Crippen LogP contribution in [0, 0.1) is 13.8 Å². The van der Waals surface area contributed by atoms with Crippen LogP contribution in [0.4, 0.5) is 0 Å². The summed E-state index contributed by atoms with van der Waals surface area (Å²) < 4.78 is 1.98. The van der Waals surface area contributed by atoms with Crippen LogP contribution in [0.2, 0.25) is 0 Å². The number of nitrogens with one attached hydrogen (secondary N) is 1. The normalized spacial score (nSPS) is 12.7. The van der Waals surface area contributed by atoms with E-state index in [-0.39, 0.29) is 0 Å². The van der Waals surface area contributed by atoms with Gasteiger partial charge in [-0.05, 0) is 51.6 Å². The van der Waals surface area contributed by atoms with Crippen LogP contribution in [0.3, 0.4) is 0 Å². The molecule has 1 atom stereocenters. The maximum Gasteiger partial charge on any atom is 0.0628 e. The van der Waals surface area contributed by atoms with E-state index < -0.39 is 0 Å². The summed E-state index contributed by atoms with van der Waals surface area (Å²) in [5.74, 6) is 0. The molecule has 19 heavy (non-hydrogen) atoms. The molecule has 1 aromatic heterocycles. The smallest absolute Gasteiger partial charge is 0.0628 e. The molecule has 108 valence electrons. The van der Waals surface area contributed by atoms with Gasteiger partial charge in [0, 0.05) is 18.8 Å². The van der Waals surface area contributed by atoms with E-state index in [2.05, 4.69) is 44.7 Å². The third-order valence-corrected chi connectivity index (χ3v) is 3.83. The van der Waals surface area contributed by atoms with E-state index in [1.807, 2.05) is 11.7 Å². The van der Waals surface area contributed by atoms with Gasteiger partial charge >= 0.3 is 0 Å². The molecule has 1 unspecified atom stereocenters. The summed E-state index contributed by atoms with van der Waals surface area (Å²) in [5.41, 5.74) is 5.15. The van der Waals surface area contributed by atoms with Crippen LogP contribution in [-0.2, 0) is 13.5 Å². The van der Waals surface area contributed by atoms with Crippen molar-refractivity contribution < 1.29 is 0 Å². The summed E-state index contributed by atoms with van der Waals surface area (Å²) in [5, 5.41) is 8.16. The van der Waals surface area contributed by atoms with Gasteiger partial charge in [-0.15, -0.1) is 0 Å². The second-order valence-electron chi connectivity index (χ2n) is 5.44. The number of hydrogen-bond donors (Lipinski definition) is 1. The van der Waals surface area contributed by atoms with Gasteiger partial charge in [-0.25, -0.2) is 0 Å². The highest BCUT2D eigenvalue weighted by molar-refractivity contribution is 5.25. The lowest BCUT2D eigenvalue weighted by molar-refractivity contribution is 0.498. The first kappa shape index (κ1) is 16.0. The molecule has 0 amide bonds. The monoisotopic (exact) mass is 263 g/mol. The SMILES string of the molecule is C=C(CC)CC(Cc1c(C)nn(C)c1C)NCCC. The maximum absolute atomic E-state index is 4.51. The Kier molecular flexibility index (Phi) is 6.29. The summed E-state index contributed by atoms with van der Waals surface area (Å²) in [6, 6.07) is 0.481. The van der Waals surface area contributed by atoms with E-state index in [0.717, 1.165) is 31.5 Å². The Hall–Kier alpha value is -1.09. The molecule has 1 N–H and O–H groups in total. The molecule has 3 heteroatoms. The highest BCUT2D eigenvalue weighted by atomic mass is 15.3. The average Bonchev–Trinajstić information content (AvgIpc) is 2.62. The molecular formula is C16H29N3. The Morgan fingerprint density at radius 3 is 2.53 bits per heavy atom. The zero-order valence-corrected chi connectivity index (χ0v) is 13.2. The summed E-state index contributed by atoms with van der Waals surface area (Å²) in [6.45, 7) is 13.9. The van der Waals surface area contributed by atoms with Gasteiger partial charge in [-0.1, -0.05) is 26.0 Å². The minimum Gasteiger partial charge on any atom is -0.313 e. The predicted octanol–water partition coefficient (Wildman–Crippen LogP) is 3.30. The van der Waals surface area contributed by atoms with Gasteiger partial charge in [0.25, 0.3) is 0 Å². The van der Waals surface area contributed by atoms with Crippen molar-refractivity contribution in [3.8, 4) is 0 Å². The van der Waals surface area contributed by atoms with Crippen molar-refractivity contribution in [3.63, 3.8) is 0 Å². The molecule has 0 radical (unpaired) electrons. The molecule has 0 bridgehead atoms.